The van der Waals surface area contributed by atoms with E-state index in [1.807, 2.05) is 13.0 Å². The highest BCUT2D eigenvalue weighted by atomic mass is 16.5. The Morgan fingerprint density at radius 2 is 2.21 bits per heavy atom. The smallest absolute Gasteiger partial charge is 0.279 e. The van der Waals surface area contributed by atoms with Crippen molar-refractivity contribution in [1.29, 1.82) is 5.26 Å². The molecule has 1 aliphatic carbocycles. The molecule has 1 aliphatic rings. The van der Waals surface area contributed by atoms with E-state index in [4.69, 9.17) is 9.78 Å². The van der Waals surface area contributed by atoms with Crippen molar-refractivity contribution in [3.05, 3.63) is 40.3 Å². The predicted octanol–water partition coefficient (Wildman–Crippen LogP) is 2.86. The second-order valence-corrected chi connectivity index (χ2v) is 5.99. The van der Waals surface area contributed by atoms with Gasteiger partial charge in [-0.2, -0.15) is 10.4 Å². The van der Waals surface area contributed by atoms with Crippen molar-refractivity contribution >= 4 is 22.6 Å². The van der Waals surface area contributed by atoms with Crippen LogP contribution in [0.15, 0.2) is 16.7 Å². The van der Waals surface area contributed by atoms with E-state index in [-0.39, 0.29) is 5.91 Å². The Morgan fingerprint density at radius 3 is 3.04 bits per heavy atom. The van der Waals surface area contributed by atoms with Gasteiger partial charge in [-0.15, -0.1) is 0 Å². The number of H-pyrrole nitrogens is 1. The van der Waals surface area contributed by atoms with Gasteiger partial charge < -0.3 is 9.84 Å². The van der Waals surface area contributed by atoms with Crippen LogP contribution in [-0.4, -0.2) is 21.3 Å². The number of aromatic amines is 1. The van der Waals surface area contributed by atoms with E-state index in [2.05, 4.69) is 26.7 Å². The van der Waals surface area contributed by atoms with Gasteiger partial charge in [0.25, 0.3) is 5.91 Å². The summed E-state index contributed by atoms with van der Waals surface area (Å²) in [6, 6.07) is 5.70. The second kappa shape index (κ2) is 5.49. The van der Waals surface area contributed by atoms with E-state index in [9.17, 15) is 4.79 Å². The molecule has 2 N–H and O–H groups in total. The Morgan fingerprint density at radius 1 is 1.38 bits per heavy atom. The highest BCUT2D eigenvalue weighted by molar-refractivity contribution is 6.07. The number of rotatable bonds is 2. The zero-order chi connectivity index (χ0) is 16.7. The quantitative estimate of drug-likeness (QED) is 0.754. The van der Waals surface area contributed by atoms with Crippen LogP contribution in [0.2, 0.25) is 0 Å². The number of amides is 1. The lowest BCUT2D eigenvalue weighted by atomic mass is 9.96. The van der Waals surface area contributed by atoms with Crippen molar-refractivity contribution in [2.24, 2.45) is 0 Å². The van der Waals surface area contributed by atoms with Gasteiger partial charge in [0.05, 0.1) is 17.1 Å². The zero-order valence-corrected chi connectivity index (χ0v) is 13.1. The van der Waals surface area contributed by atoms with Crippen LogP contribution < -0.4 is 5.32 Å². The molecule has 4 rings (SSSR count). The number of nitrogens with zero attached hydrogens (tertiary/aromatic N) is 3. The number of carbonyl (C=O) groups is 1. The number of aryl methyl sites for hydroxylation is 2. The molecular weight excluding hydrogens is 306 g/mol. The third-order valence-corrected chi connectivity index (χ3v) is 4.43. The minimum atomic E-state index is -0.322. The van der Waals surface area contributed by atoms with Crippen LogP contribution in [0.5, 0.6) is 0 Å². The molecular formula is C17H15N5O2. The molecule has 0 atom stereocenters. The lowest BCUT2D eigenvalue weighted by molar-refractivity contribution is 0.101. The summed E-state index contributed by atoms with van der Waals surface area (Å²) >= 11 is 0. The number of benzene rings is 1. The average molecular weight is 321 g/mol. The molecule has 7 nitrogen and oxygen atoms in total. The van der Waals surface area contributed by atoms with Crippen LogP contribution in [0.3, 0.4) is 0 Å². The van der Waals surface area contributed by atoms with E-state index in [1.165, 1.54) is 0 Å². The number of carbonyl (C=O) groups excluding carboxylic acids is 1. The van der Waals surface area contributed by atoms with E-state index in [0.717, 1.165) is 48.0 Å². The van der Waals surface area contributed by atoms with Crippen molar-refractivity contribution in [3.8, 4) is 6.07 Å². The molecule has 7 heteroatoms. The summed E-state index contributed by atoms with van der Waals surface area (Å²) in [4.78, 5) is 12.6. The van der Waals surface area contributed by atoms with Crippen LogP contribution in [-0.2, 0) is 12.8 Å². The van der Waals surface area contributed by atoms with E-state index >= 15 is 0 Å². The van der Waals surface area contributed by atoms with Crippen molar-refractivity contribution in [3.63, 3.8) is 0 Å². The maximum absolute atomic E-state index is 12.6. The summed E-state index contributed by atoms with van der Waals surface area (Å²) in [5.41, 5.74) is 3.36. The molecule has 2 aromatic heterocycles. The van der Waals surface area contributed by atoms with Gasteiger partial charge in [-0.1, -0.05) is 5.16 Å². The fourth-order valence-corrected chi connectivity index (χ4v) is 3.12. The van der Waals surface area contributed by atoms with Crippen LogP contribution in [0.4, 0.5) is 5.82 Å². The summed E-state index contributed by atoms with van der Waals surface area (Å²) in [6.45, 7) is 1.85. The summed E-state index contributed by atoms with van der Waals surface area (Å²) in [5.74, 6) is 0.917. The number of hydrogen-bond acceptors (Lipinski definition) is 5. The molecule has 0 radical (unpaired) electrons. The first kappa shape index (κ1) is 14.5. The molecule has 3 aromatic rings. The molecule has 0 unspecified atom stereocenters. The lowest BCUT2D eigenvalue weighted by Gasteiger charge is -2.08. The SMILES string of the molecule is Cc1cc2c(NC(=O)c3noc4c3CCCC4)n[nH]c2cc1C#N. The minimum absolute atomic E-state index is 0.322. The number of nitriles is 1. The molecule has 120 valence electrons. The highest BCUT2D eigenvalue weighted by Crippen LogP contribution is 2.27. The topological polar surface area (TPSA) is 108 Å². The van der Waals surface area contributed by atoms with Crippen molar-refractivity contribution in [1.82, 2.24) is 15.4 Å². The third kappa shape index (κ3) is 2.24. The first-order chi connectivity index (χ1) is 11.7. The molecule has 2 heterocycles. The Balaban J connectivity index is 1.67. The normalized spacial score (nSPS) is 13.5. The molecule has 0 fully saturated rings. The number of nitrogens with one attached hydrogen (secondary N) is 2. The van der Waals surface area contributed by atoms with Gasteiger partial charge >= 0.3 is 0 Å². The summed E-state index contributed by atoms with van der Waals surface area (Å²) in [5, 5.41) is 23.6. The van der Waals surface area contributed by atoms with Crippen molar-refractivity contribution < 1.29 is 9.32 Å². The minimum Gasteiger partial charge on any atom is -0.360 e. The molecule has 0 saturated heterocycles. The summed E-state index contributed by atoms with van der Waals surface area (Å²) < 4.78 is 5.29. The summed E-state index contributed by atoms with van der Waals surface area (Å²) in [6.07, 6.45) is 3.74. The first-order valence-electron chi connectivity index (χ1n) is 7.85. The van der Waals surface area contributed by atoms with Gasteiger partial charge in [-0.05, 0) is 43.9 Å². The Labute approximate surface area is 137 Å². The number of anilines is 1. The largest absolute Gasteiger partial charge is 0.360 e. The Kier molecular flexibility index (Phi) is 3.31. The molecule has 0 spiro atoms. The second-order valence-electron chi connectivity index (χ2n) is 5.99. The van der Waals surface area contributed by atoms with Gasteiger partial charge in [-0.3, -0.25) is 9.89 Å². The van der Waals surface area contributed by atoms with E-state index in [1.54, 1.807) is 6.07 Å². The Bertz CT molecular complexity index is 992. The average Bonchev–Trinajstić information content (AvgIpc) is 3.18. The third-order valence-electron chi connectivity index (χ3n) is 4.43. The van der Waals surface area contributed by atoms with Gasteiger partial charge in [0, 0.05) is 17.4 Å². The van der Waals surface area contributed by atoms with Crippen LogP contribution in [0.25, 0.3) is 10.9 Å². The molecule has 1 amide bonds. The predicted molar refractivity (Wildman–Crippen MR) is 86.6 cm³/mol. The molecule has 24 heavy (non-hydrogen) atoms. The molecule has 0 aliphatic heterocycles. The number of aromatic nitrogens is 3. The van der Waals surface area contributed by atoms with E-state index < -0.39 is 0 Å². The van der Waals surface area contributed by atoms with Crippen LogP contribution in [0.1, 0.15) is 45.8 Å². The molecule has 0 saturated carbocycles. The van der Waals surface area contributed by atoms with Crippen molar-refractivity contribution in [2.75, 3.05) is 5.32 Å². The van der Waals surface area contributed by atoms with Crippen LogP contribution in [0, 0.1) is 18.3 Å². The maximum atomic E-state index is 12.6. The van der Waals surface area contributed by atoms with Crippen molar-refractivity contribution in [2.45, 2.75) is 32.6 Å². The zero-order valence-electron chi connectivity index (χ0n) is 13.1. The summed E-state index contributed by atoms with van der Waals surface area (Å²) in [7, 11) is 0. The lowest BCUT2D eigenvalue weighted by Crippen LogP contribution is -2.16. The maximum Gasteiger partial charge on any atom is 0.279 e. The first-order valence-corrected chi connectivity index (χ1v) is 7.85. The van der Waals surface area contributed by atoms with Gasteiger partial charge in [0.1, 0.15) is 5.76 Å². The fourth-order valence-electron chi connectivity index (χ4n) is 3.12. The van der Waals surface area contributed by atoms with Gasteiger partial charge in [0.2, 0.25) is 0 Å². The van der Waals surface area contributed by atoms with Gasteiger partial charge in [0.15, 0.2) is 11.5 Å². The molecule has 1 aromatic carbocycles. The standard InChI is InChI=1S/C17H15N5O2/c1-9-6-12-13(7-10(9)8-18)20-21-16(12)19-17(23)15-11-4-2-3-5-14(11)24-22-15/h6-7H,2-5H2,1H3,(H2,19,20,21,23). The number of fused-ring (bicyclic) bond motifs is 2. The van der Waals surface area contributed by atoms with Gasteiger partial charge in [-0.25, -0.2) is 0 Å². The monoisotopic (exact) mass is 321 g/mol. The van der Waals surface area contributed by atoms with E-state index in [0.29, 0.717) is 22.6 Å². The Hall–Kier alpha value is -3.14. The van der Waals surface area contributed by atoms with Crippen LogP contribution >= 0.6 is 0 Å². The fraction of sp³-hybridized carbons (Fsp3) is 0.294. The number of hydrogen-bond donors (Lipinski definition) is 2. The molecule has 0 bridgehead atoms. The highest BCUT2D eigenvalue weighted by Gasteiger charge is 2.24.